The molecule has 4 N–H and O–H groups in total. The van der Waals surface area contributed by atoms with Crippen LogP contribution in [0.2, 0.25) is 0 Å². The summed E-state index contributed by atoms with van der Waals surface area (Å²) in [4.78, 5) is 39.1. The largest absolute Gasteiger partial charge is 0.497 e. The Morgan fingerprint density at radius 1 is 0.791 bits per heavy atom. The van der Waals surface area contributed by atoms with E-state index in [1.54, 1.807) is 66.7 Å². The number of fused-ring (bicyclic) bond motifs is 1. The van der Waals surface area contributed by atoms with Gasteiger partial charge in [-0.05, 0) is 78.4 Å². The van der Waals surface area contributed by atoms with Crippen molar-refractivity contribution in [3.8, 4) is 5.75 Å². The van der Waals surface area contributed by atoms with Crippen molar-refractivity contribution < 1.29 is 32.1 Å². The first kappa shape index (κ1) is 28.9. The third kappa shape index (κ3) is 6.67. The Morgan fingerprint density at radius 2 is 1.44 bits per heavy atom. The first-order valence-electron chi connectivity index (χ1n) is 12.8. The van der Waals surface area contributed by atoms with E-state index in [-0.39, 0.29) is 21.7 Å². The summed E-state index contributed by atoms with van der Waals surface area (Å²) in [5, 5.41) is 9.69. The summed E-state index contributed by atoms with van der Waals surface area (Å²) in [5.74, 6) is -1.05. The second-order valence-corrected chi connectivity index (χ2v) is 10.7. The first-order valence-corrected chi connectivity index (χ1v) is 14.2. The molecule has 216 valence electrons. The second-order valence-electron chi connectivity index (χ2n) is 9.26. The van der Waals surface area contributed by atoms with Crippen LogP contribution in [0.1, 0.15) is 21.5 Å². The molecule has 2 amide bonds. The Bertz CT molecular complexity index is 1900. The SMILES string of the molecule is COc1ccc(NC(=O)C2=Cc3ccccc3/C(=N/Nc3cccc(C(=O)Nc4ccc(S(=O)(=O)O)cc4)c3)C2=O)cc1. The van der Waals surface area contributed by atoms with Crippen molar-refractivity contribution in [2.24, 2.45) is 5.10 Å². The van der Waals surface area contributed by atoms with Crippen LogP contribution in [0.15, 0.2) is 113 Å². The number of hydrazone groups is 1. The van der Waals surface area contributed by atoms with Gasteiger partial charge in [0, 0.05) is 22.5 Å². The lowest BCUT2D eigenvalue weighted by Gasteiger charge is -2.17. The molecule has 0 aliphatic heterocycles. The Morgan fingerprint density at radius 3 is 2.12 bits per heavy atom. The molecule has 1 aliphatic rings. The van der Waals surface area contributed by atoms with E-state index < -0.39 is 27.7 Å². The number of ether oxygens (including phenoxy) is 1. The lowest BCUT2D eigenvalue weighted by atomic mass is 9.89. The Hall–Kier alpha value is -5.59. The van der Waals surface area contributed by atoms with E-state index in [0.29, 0.717) is 33.9 Å². The fourth-order valence-corrected chi connectivity index (χ4v) is 4.71. The molecular weight excluding hydrogens is 572 g/mol. The van der Waals surface area contributed by atoms with E-state index in [0.717, 1.165) is 12.1 Å². The van der Waals surface area contributed by atoms with E-state index in [4.69, 9.17) is 9.29 Å². The van der Waals surface area contributed by atoms with Crippen molar-refractivity contribution in [1.29, 1.82) is 0 Å². The van der Waals surface area contributed by atoms with Crippen molar-refractivity contribution >= 4 is 56.6 Å². The molecule has 43 heavy (non-hydrogen) atoms. The van der Waals surface area contributed by atoms with Gasteiger partial charge in [-0.2, -0.15) is 13.5 Å². The minimum Gasteiger partial charge on any atom is -0.497 e. The summed E-state index contributed by atoms with van der Waals surface area (Å²) < 4.78 is 36.7. The number of amides is 2. The van der Waals surface area contributed by atoms with Crippen molar-refractivity contribution in [3.63, 3.8) is 0 Å². The van der Waals surface area contributed by atoms with Gasteiger partial charge >= 0.3 is 0 Å². The van der Waals surface area contributed by atoms with E-state index >= 15 is 0 Å². The zero-order valence-electron chi connectivity index (χ0n) is 22.6. The van der Waals surface area contributed by atoms with Gasteiger partial charge in [-0.15, -0.1) is 0 Å². The number of nitrogens with zero attached hydrogens (tertiary/aromatic N) is 1. The molecule has 0 atom stereocenters. The first-order chi connectivity index (χ1) is 20.6. The number of Topliss-reactive ketones (excluding diaryl/α,β-unsaturated/α-hetero) is 1. The lowest BCUT2D eigenvalue weighted by Crippen LogP contribution is -2.30. The van der Waals surface area contributed by atoms with Gasteiger partial charge in [0.05, 0.1) is 23.3 Å². The predicted molar refractivity (Wildman–Crippen MR) is 162 cm³/mol. The molecule has 0 fully saturated rings. The highest BCUT2D eigenvalue weighted by Gasteiger charge is 2.30. The Labute approximate surface area is 246 Å². The maximum Gasteiger partial charge on any atom is 0.294 e. The number of benzene rings is 4. The van der Waals surface area contributed by atoms with Crippen LogP contribution in [-0.4, -0.2) is 43.4 Å². The average molecular weight is 597 g/mol. The number of nitrogens with one attached hydrogen (secondary N) is 3. The van der Waals surface area contributed by atoms with Gasteiger partial charge in [0.15, 0.2) is 0 Å². The molecule has 1 aliphatic carbocycles. The summed E-state index contributed by atoms with van der Waals surface area (Å²) >= 11 is 0. The van der Waals surface area contributed by atoms with Crippen LogP contribution in [0.5, 0.6) is 5.75 Å². The molecule has 12 heteroatoms. The predicted octanol–water partition coefficient (Wildman–Crippen LogP) is 4.62. The molecule has 0 heterocycles. The topological polar surface area (TPSA) is 163 Å². The summed E-state index contributed by atoms with van der Waals surface area (Å²) in [6, 6.07) is 25.1. The molecule has 0 spiro atoms. The molecule has 11 nitrogen and oxygen atoms in total. The van der Waals surface area contributed by atoms with Gasteiger partial charge in [-0.3, -0.25) is 24.4 Å². The Kier molecular flexibility index (Phi) is 8.14. The van der Waals surface area contributed by atoms with Gasteiger partial charge < -0.3 is 15.4 Å². The van der Waals surface area contributed by atoms with Crippen LogP contribution in [0.3, 0.4) is 0 Å². The molecule has 5 rings (SSSR count). The van der Waals surface area contributed by atoms with E-state index in [2.05, 4.69) is 21.2 Å². The second kappa shape index (κ2) is 12.1. The zero-order chi connectivity index (χ0) is 30.6. The number of carbonyl (C=O) groups is 3. The van der Waals surface area contributed by atoms with Crippen LogP contribution in [-0.2, 0) is 19.7 Å². The van der Waals surface area contributed by atoms with Crippen molar-refractivity contribution in [3.05, 3.63) is 119 Å². The van der Waals surface area contributed by atoms with Gasteiger partial charge in [0.25, 0.3) is 21.9 Å². The Balaban J connectivity index is 1.34. The fourth-order valence-electron chi connectivity index (χ4n) is 4.23. The van der Waals surface area contributed by atoms with Gasteiger partial charge in [-0.25, -0.2) is 0 Å². The molecule has 0 bridgehead atoms. The van der Waals surface area contributed by atoms with Crippen molar-refractivity contribution in [2.75, 3.05) is 23.2 Å². The van der Waals surface area contributed by atoms with Gasteiger partial charge in [0.2, 0.25) is 5.78 Å². The van der Waals surface area contributed by atoms with Crippen molar-refractivity contribution in [2.45, 2.75) is 4.90 Å². The third-order valence-corrected chi connectivity index (χ3v) is 7.27. The minimum atomic E-state index is -4.36. The van der Waals surface area contributed by atoms with Crippen LogP contribution < -0.4 is 20.8 Å². The standard InChI is InChI=1S/C31H24N4O7S/c1-42-24-13-9-21(10-14-24)33-31(38)27-18-19-5-2-3-8-26(19)28(29(27)36)35-34-23-7-4-6-20(17-23)30(37)32-22-11-15-25(16-12-22)43(39,40)41/h2-18,34H,1H3,(H,32,37)(H,33,38)(H,39,40,41)/b35-28-. The van der Waals surface area contributed by atoms with Crippen LogP contribution >= 0.6 is 0 Å². The van der Waals surface area contributed by atoms with E-state index in [9.17, 15) is 22.8 Å². The number of rotatable bonds is 8. The highest BCUT2D eigenvalue weighted by molar-refractivity contribution is 7.85. The monoisotopic (exact) mass is 596 g/mol. The fraction of sp³-hybridized carbons (Fsp3) is 0.0323. The normalized spacial score (nSPS) is 13.5. The summed E-state index contributed by atoms with van der Waals surface area (Å²) in [7, 11) is -2.82. The van der Waals surface area contributed by atoms with Crippen molar-refractivity contribution in [1.82, 2.24) is 0 Å². The molecule has 4 aromatic rings. The quantitative estimate of drug-likeness (QED) is 0.130. The van der Waals surface area contributed by atoms with Crippen LogP contribution in [0.4, 0.5) is 17.1 Å². The summed E-state index contributed by atoms with van der Waals surface area (Å²) in [6.45, 7) is 0. The van der Waals surface area contributed by atoms with E-state index in [1.807, 2.05) is 0 Å². The maximum absolute atomic E-state index is 13.5. The summed E-state index contributed by atoms with van der Waals surface area (Å²) in [6.07, 6.45) is 1.52. The van der Waals surface area contributed by atoms with E-state index in [1.165, 1.54) is 31.4 Å². The number of hydrogen-bond donors (Lipinski definition) is 4. The number of hydrogen-bond acceptors (Lipinski definition) is 8. The summed E-state index contributed by atoms with van der Waals surface area (Å²) in [5.41, 5.74) is 5.34. The minimum absolute atomic E-state index is 0.0201. The highest BCUT2D eigenvalue weighted by atomic mass is 32.2. The number of carbonyl (C=O) groups excluding carboxylic acids is 3. The van der Waals surface area contributed by atoms with Crippen LogP contribution in [0.25, 0.3) is 6.08 Å². The molecule has 0 saturated carbocycles. The molecule has 0 unspecified atom stereocenters. The number of ketones is 1. The molecule has 0 radical (unpaired) electrons. The number of anilines is 3. The zero-order valence-corrected chi connectivity index (χ0v) is 23.4. The lowest BCUT2D eigenvalue weighted by molar-refractivity contribution is -0.116. The molecular formula is C31H24N4O7S. The van der Waals surface area contributed by atoms with Crippen LogP contribution in [0, 0.1) is 0 Å². The van der Waals surface area contributed by atoms with Gasteiger partial charge in [-0.1, -0.05) is 30.3 Å². The highest BCUT2D eigenvalue weighted by Crippen LogP contribution is 2.25. The van der Waals surface area contributed by atoms with Gasteiger partial charge in [0.1, 0.15) is 11.5 Å². The molecule has 4 aromatic carbocycles. The third-order valence-electron chi connectivity index (χ3n) is 6.40. The number of methoxy groups -OCH3 is 1. The maximum atomic E-state index is 13.5. The smallest absolute Gasteiger partial charge is 0.294 e. The average Bonchev–Trinajstić information content (AvgIpc) is 3.00. The molecule has 0 saturated heterocycles. The molecule has 0 aromatic heterocycles.